The zero-order valence-corrected chi connectivity index (χ0v) is 13.6. The number of aromatic nitrogens is 2. The van der Waals surface area contributed by atoms with Gasteiger partial charge in [-0.25, -0.2) is 9.97 Å². The van der Waals surface area contributed by atoms with Crippen molar-refractivity contribution < 1.29 is 4.74 Å². The topological polar surface area (TPSA) is 53.5 Å². The van der Waals surface area contributed by atoms with Crippen LogP contribution in [-0.2, 0) is 11.3 Å². The van der Waals surface area contributed by atoms with Gasteiger partial charge in [0, 0.05) is 39.4 Å². The van der Waals surface area contributed by atoms with E-state index in [4.69, 9.17) is 9.72 Å². The summed E-state index contributed by atoms with van der Waals surface area (Å²) < 4.78 is 5.19. The molecule has 1 saturated heterocycles. The first-order chi connectivity index (χ1) is 10.2. The predicted molar refractivity (Wildman–Crippen MR) is 85.8 cm³/mol. The summed E-state index contributed by atoms with van der Waals surface area (Å²) in [6.45, 7) is 5.94. The van der Waals surface area contributed by atoms with Crippen LogP contribution in [0.2, 0.25) is 0 Å². The summed E-state index contributed by atoms with van der Waals surface area (Å²) in [5, 5.41) is 3.12. The molecular formula is C15H27N5O. The van der Waals surface area contributed by atoms with Crippen LogP contribution in [0.5, 0.6) is 0 Å². The number of hydrogen-bond donors (Lipinski definition) is 1. The number of nitrogens with one attached hydrogen (secondary N) is 1. The van der Waals surface area contributed by atoms with Crippen LogP contribution in [0.1, 0.15) is 25.6 Å². The molecule has 21 heavy (non-hydrogen) atoms. The van der Waals surface area contributed by atoms with Gasteiger partial charge in [0.15, 0.2) is 5.82 Å². The zero-order valence-electron chi connectivity index (χ0n) is 13.6. The maximum atomic E-state index is 5.19. The minimum atomic E-state index is 0.438. The second kappa shape index (κ2) is 7.56. The lowest BCUT2D eigenvalue weighted by Gasteiger charge is -2.31. The molecule has 1 aromatic heterocycles. The summed E-state index contributed by atoms with van der Waals surface area (Å²) in [5.74, 6) is 2.58. The van der Waals surface area contributed by atoms with Crippen molar-refractivity contribution >= 4 is 11.6 Å². The lowest BCUT2D eigenvalue weighted by molar-refractivity contribution is 0.178. The van der Waals surface area contributed by atoms with Crippen molar-refractivity contribution in [1.82, 2.24) is 14.9 Å². The van der Waals surface area contributed by atoms with Crippen LogP contribution in [0.25, 0.3) is 0 Å². The Bertz CT molecular complexity index is 454. The van der Waals surface area contributed by atoms with Gasteiger partial charge in [-0.1, -0.05) is 6.92 Å². The Balaban J connectivity index is 2.30. The first kappa shape index (κ1) is 16.0. The molecule has 0 saturated carbocycles. The molecule has 0 bridgehead atoms. The first-order valence-electron chi connectivity index (χ1n) is 7.67. The van der Waals surface area contributed by atoms with E-state index in [1.54, 1.807) is 7.11 Å². The fraction of sp³-hybridized carbons (Fsp3) is 0.733. The molecule has 1 aromatic rings. The summed E-state index contributed by atoms with van der Waals surface area (Å²) >= 11 is 0. The van der Waals surface area contributed by atoms with Crippen LogP contribution in [0, 0.1) is 0 Å². The average Bonchev–Trinajstić information content (AvgIpc) is 2.68. The third-order valence-electron chi connectivity index (χ3n) is 3.96. The second-order valence-electron chi connectivity index (χ2n) is 5.58. The number of nitrogens with zero attached hydrogens (tertiary/aromatic N) is 4. The Kier molecular flexibility index (Phi) is 5.76. The van der Waals surface area contributed by atoms with Crippen molar-refractivity contribution in [3.05, 3.63) is 11.9 Å². The van der Waals surface area contributed by atoms with E-state index >= 15 is 0 Å². The normalized spacial score (nSPS) is 20.4. The highest BCUT2D eigenvalue weighted by molar-refractivity contribution is 5.50. The molecule has 1 unspecified atom stereocenters. The predicted octanol–water partition coefficient (Wildman–Crippen LogP) is 1.59. The number of methoxy groups -OCH3 is 1. The molecule has 1 aliphatic heterocycles. The highest BCUT2D eigenvalue weighted by atomic mass is 16.5. The van der Waals surface area contributed by atoms with Crippen LogP contribution in [0.15, 0.2) is 6.07 Å². The summed E-state index contributed by atoms with van der Waals surface area (Å²) in [6.07, 6.45) is 2.27. The number of rotatable bonds is 5. The molecule has 6 nitrogen and oxygen atoms in total. The summed E-state index contributed by atoms with van der Waals surface area (Å²) in [4.78, 5) is 14.0. The second-order valence-corrected chi connectivity index (χ2v) is 5.58. The molecule has 0 radical (unpaired) electrons. The lowest BCUT2D eigenvalue weighted by atomic mass is 10.2. The Labute approximate surface area is 127 Å². The van der Waals surface area contributed by atoms with Gasteiger partial charge in [0.1, 0.15) is 18.2 Å². The lowest BCUT2D eigenvalue weighted by Crippen LogP contribution is -2.40. The zero-order chi connectivity index (χ0) is 15.2. The molecule has 0 aliphatic carbocycles. The molecule has 2 heterocycles. The molecule has 6 heteroatoms. The maximum absolute atomic E-state index is 5.19. The molecule has 2 rings (SSSR count). The van der Waals surface area contributed by atoms with Crippen LogP contribution >= 0.6 is 0 Å². The molecule has 0 amide bonds. The standard InChI is InChI=1S/C15H27N5O/c1-5-12-10-19(3)7-6-8-20(12)15-9-13(16-2)17-14(18-15)11-21-4/h9,12H,5-8,10-11H2,1-4H3,(H,16,17,18). The quantitative estimate of drug-likeness (QED) is 0.889. The monoisotopic (exact) mass is 293 g/mol. The third-order valence-corrected chi connectivity index (χ3v) is 3.96. The fourth-order valence-corrected chi connectivity index (χ4v) is 2.85. The maximum Gasteiger partial charge on any atom is 0.158 e. The Morgan fingerprint density at radius 1 is 1.38 bits per heavy atom. The van der Waals surface area contributed by atoms with Gasteiger partial charge in [0.2, 0.25) is 0 Å². The van der Waals surface area contributed by atoms with Gasteiger partial charge < -0.3 is 19.9 Å². The molecule has 1 atom stereocenters. The molecule has 1 fully saturated rings. The smallest absolute Gasteiger partial charge is 0.158 e. The fourth-order valence-electron chi connectivity index (χ4n) is 2.85. The van der Waals surface area contributed by atoms with Crippen LogP contribution in [0.3, 0.4) is 0 Å². The van der Waals surface area contributed by atoms with Gasteiger partial charge in [-0.15, -0.1) is 0 Å². The van der Waals surface area contributed by atoms with E-state index < -0.39 is 0 Å². The van der Waals surface area contributed by atoms with Crippen LogP contribution in [0.4, 0.5) is 11.6 Å². The van der Waals surface area contributed by atoms with Gasteiger partial charge in [-0.2, -0.15) is 0 Å². The summed E-state index contributed by atoms with van der Waals surface area (Å²) in [7, 11) is 5.75. The van der Waals surface area contributed by atoms with E-state index in [2.05, 4.69) is 34.1 Å². The number of ether oxygens (including phenoxy) is 1. The number of anilines is 2. The number of hydrogen-bond acceptors (Lipinski definition) is 6. The van der Waals surface area contributed by atoms with Crippen molar-refractivity contribution in [1.29, 1.82) is 0 Å². The SMILES string of the molecule is CCC1CN(C)CCCN1c1cc(NC)nc(COC)n1. The third kappa shape index (κ3) is 4.04. The largest absolute Gasteiger partial charge is 0.377 e. The van der Waals surface area contributed by atoms with Crippen molar-refractivity contribution in [2.24, 2.45) is 0 Å². The van der Waals surface area contributed by atoms with Gasteiger partial charge in [0.05, 0.1) is 0 Å². The van der Waals surface area contributed by atoms with E-state index in [9.17, 15) is 0 Å². The molecule has 0 aromatic carbocycles. The van der Waals surface area contributed by atoms with E-state index in [1.165, 1.54) is 0 Å². The summed E-state index contributed by atoms with van der Waals surface area (Å²) in [6, 6.07) is 2.53. The molecule has 0 spiro atoms. The Morgan fingerprint density at radius 3 is 2.86 bits per heavy atom. The van der Waals surface area contributed by atoms with Crippen LogP contribution < -0.4 is 10.2 Å². The minimum Gasteiger partial charge on any atom is -0.377 e. The van der Waals surface area contributed by atoms with E-state index in [0.717, 1.165) is 49.9 Å². The first-order valence-corrected chi connectivity index (χ1v) is 7.67. The molecule has 1 aliphatic rings. The van der Waals surface area contributed by atoms with E-state index in [1.807, 2.05) is 13.1 Å². The van der Waals surface area contributed by atoms with Gasteiger partial charge in [-0.05, 0) is 26.4 Å². The van der Waals surface area contributed by atoms with Crippen LogP contribution in [-0.4, -0.2) is 61.7 Å². The molecule has 118 valence electrons. The Hall–Kier alpha value is -1.40. The van der Waals surface area contributed by atoms with E-state index in [0.29, 0.717) is 12.6 Å². The average molecular weight is 293 g/mol. The van der Waals surface area contributed by atoms with Gasteiger partial charge >= 0.3 is 0 Å². The van der Waals surface area contributed by atoms with Crippen molar-refractivity contribution in [2.75, 3.05) is 51.1 Å². The van der Waals surface area contributed by atoms with Crippen molar-refractivity contribution in [3.8, 4) is 0 Å². The minimum absolute atomic E-state index is 0.438. The van der Waals surface area contributed by atoms with Crippen molar-refractivity contribution in [2.45, 2.75) is 32.4 Å². The highest BCUT2D eigenvalue weighted by Gasteiger charge is 2.24. The van der Waals surface area contributed by atoms with Gasteiger partial charge in [0.25, 0.3) is 0 Å². The van der Waals surface area contributed by atoms with Crippen molar-refractivity contribution in [3.63, 3.8) is 0 Å². The molecule has 1 N–H and O–H groups in total. The molecular weight excluding hydrogens is 266 g/mol. The Morgan fingerprint density at radius 2 is 2.19 bits per heavy atom. The highest BCUT2D eigenvalue weighted by Crippen LogP contribution is 2.22. The van der Waals surface area contributed by atoms with E-state index in [-0.39, 0.29) is 0 Å². The number of likely N-dealkylation sites (N-methyl/N-ethyl adjacent to an activating group) is 1. The van der Waals surface area contributed by atoms with Gasteiger partial charge in [-0.3, -0.25) is 0 Å². The summed E-state index contributed by atoms with van der Waals surface area (Å²) in [5.41, 5.74) is 0.